The zero-order valence-corrected chi connectivity index (χ0v) is 11.4. The zero-order valence-electron chi connectivity index (χ0n) is 11.4. The van der Waals surface area contributed by atoms with Crippen molar-refractivity contribution in [3.05, 3.63) is 42.4 Å². The van der Waals surface area contributed by atoms with Crippen LogP contribution in [-0.4, -0.2) is 25.7 Å². The van der Waals surface area contributed by atoms with E-state index in [-0.39, 0.29) is 6.61 Å². The van der Waals surface area contributed by atoms with Crippen molar-refractivity contribution in [2.45, 2.75) is 13.5 Å². The molecule has 2 aromatic heterocycles. The van der Waals surface area contributed by atoms with Crippen molar-refractivity contribution in [3.8, 4) is 5.69 Å². The molecule has 0 unspecified atom stereocenters. The topological polar surface area (TPSA) is 95.9 Å². The average Bonchev–Trinajstić information content (AvgIpc) is 2.90. The van der Waals surface area contributed by atoms with Gasteiger partial charge in [-0.2, -0.15) is 5.10 Å². The SMILES string of the molecule is CC(=O)OCc1nc(N)c2cnn(-c3ccccc3)c2n1. The molecule has 0 radical (unpaired) electrons. The molecular weight excluding hydrogens is 270 g/mol. The van der Waals surface area contributed by atoms with E-state index in [2.05, 4.69) is 15.1 Å². The molecule has 7 heteroatoms. The van der Waals surface area contributed by atoms with Gasteiger partial charge in [-0.05, 0) is 12.1 Å². The van der Waals surface area contributed by atoms with E-state index < -0.39 is 5.97 Å². The molecule has 0 bridgehead atoms. The molecule has 21 heavy (non-hydrogen) atoms. The molecule has 3 rings (SSSR count). The van der Waals surface area contributed by atoms with Crippen LogP contribution in [0.1, 0.15) is 12.7 Å². The summed E-state index contributed by atoms with van der Waals surface area (Å²) in [5.74, 6) is 0.256. The fourth-order valence-electron chi connectivity index (χ4n) is 1.97. The van der Waals surface area contributed by atoms with Crippen LogP contribution in [0, 0.1) is 0 Å². The number of fused-ring (bicyclic) bond motifs is 1. The van der Waals surface area contributed by atoms with E-state index in [0.717, 1.165) is 5.69 Å². The molecule has 106 valence electrons. The van der Waals surface area contributed by atoms with Crippen molar-refractivity contribution in [3.63, 3.8) is 0 Å². The minimum Gasteiger partial charge on any atom is -0.458 e. The van der Waals surface area contributed by atoms with E-state index >= 15 is 0 Å². The monoisotopic (exact) mass is 283 g/mol. The van der Waals surface area contributed by atoms with Gasteiger partial charge in [0.2, 0.25) is 0 Å². The molecule has 0 atom stereocenters. The summed E-state index contributed by atoms with van der Waals surface area (Å²) in [5.41, 5.74) is 7.35. The van der Waals surface area contributed by atoms with E-state index in [4.69, 9.17) is 10.5 Å². The van der Waals surface area contributed by atoms with Gasteiger partial charge in [0.1, 0.15) is 5.82 Å². The third-order valence-electron chi connectivity index (χ3n) is 2.91. The smallest absolute Gasteiger partial charge is 0.303 e. The average molecular weight is 283 g/mol. The van der Waals surface area contributed by atoms with Gasteiger partial charge in [0, 0.05) is 6.92 Å². The summed E-state index contributed by atoms with van der Waals surface area (Å²) in [5, 5.41) is 4.95. The van der Waals surface area contributed by atoms with Gasteiger partial charge in [0.15, 0.2) is 18.1 Å². The zero-order chi connectivity index (χ0) is 14.8. The second kappa shape index (κ2) is 5.20. The number of nitrogen functional groups attached to an aromatic ring is 1. The number of rotatable bonds is 3. The van der Waals surface area contributed by atoms with Gasteiger partial charge in [0.25, 0.3) is 0 Å². The molecule has 1 aromatic carbocycles. The summed E-state index contributed by atoms with van der Waals surface area (Å²) in [6.07, 6.45) is 1.62. The second-order valence-corrected chi connectivity index (χ2v) is 4.43. The van der Waals surface area contributed by atoms with Gasteiger partial charge in [-0.25, -0.2) is 14.6 Å². The lowest BCUT2D eigenvalue weighted by molar-refractivity contribution is -0.142. The molecular formula is C14H13N5O2. The van der Waals surface area contributed by atoms with E-state index in [9.17, 15) is 4.79 Å². The van der Waals surface area contributed by atoms with E-state index in [1.54, 1.807) is 10.9 Å². The van der Waals surface area contributed by atoms with Crippen LogP contribution < -0.4 is 5.73 Å². The Hall–Kier alpha value is -2.96. The summed E-state index contributed by atoms with van der Waals surface area (Å²) >= 11 is 0. The van der Waals surface area contributed by atoms with Gasteiger partial charge in [-0.1, -0.05) is 18.2 Å². The maximum absolute atomic E-state index is 10.9. The van der Waals surface area contributed by atoms with E-state index in [1.165, 1.54) is 6.92 Å². The first-order chi connectivity index (χ1) is 10.1. The Bertz CT molecular complexity index is 798. The van der Waals surface area contributed by atoms with Gasteiger partial charge in [-0.3, -0.25) is 4.79 Å². The summed E-state index contributed by atoms with van der Waals surface area (Å²) in [4.78, 5) is 19.4. The fourth-order valence-corrected chi connectivity index (χ4v) is 1.97. The first-order valence-electron chi connectivity index (χ1n) is 6.34. The molecule has 0 aliphatic rings. The molecule has 0 amide bonds. The number of carbonyl (C=O) groups excluding carboxylic acids is 1. The number of esters is 1. The highest BCUT2D eigenvalue weighted by atomic mass is 16.5. The lowest BCUT2D eigenvalue weighted by atomic mass is 10.3. The quantitative estimate of drug-likeness (QED) is 0.731. The molecule has 2 heterocycles. The lowest BCUT2D eigenvalue weighted by Gasteiger charge is -2.05. The Morgan fingerprint density at radius 1 is 1.29 bits per heavy atom. The number of nitrogens with two attached hydrogens (primary N) is 1. The summed E-state index contributed by atoms with van der Waals surface area (Å²) in [6, 6.07) is 9.57. The van der Waals surface area contributed by atoms with Crippen molar-refractivity contribution in [2.24, 2.45) is 0 Å². The minimum absolute atomic E-state index is 0.0184. The van der Waals surface area contributed by atoms with Crippen LogP contribution in [0.25, 0.3) is 16.7 Å². The van der Waals surface area contributed by atoms with Crippen LogP contribution in [0.3, 0.4) is 0 Å². The molecule has 0 aliphatic carbocycles. The highest BCUT2D eigenvalue weighted by Gasteiger charge is 2.12. The van der Waals surface area contributed by atoms with Crippen molar-refractivity contribution in [2.75, 3.05) is 5.73 Å². The number of anilines is 1. The van der Waals surface area contributed by atoms with Gasteiger partial charge in [-0.15, -0.1) is 0 Å². The number of benzene rings is 1. The molecule has 7 nitrogen and oxygen atoms in total. The molecule has 0 saturated heterocycles. The fraction of sp³-hybridized carbons (Fsp3) is 0.143. The van der Waals surface area contributed by atoms with Gasteiger partial charge in [0.05, 0.1) is 17.3 Å². The second-order valence-electron chi connectivity index (χ2n) is 4.43. The largest absolute Gasteiger partial charge is 0.458 e. The Labute approximate surface area is 120 Å². The van der Waals surface area contributed by atoms with E-state index in [0.29, 0.717) is 22.7 Å². The first-order valence-corrected chi connectivity index (χ1v) is 6.34. The number of nitrogens with zero attached hydrogens (tertiary/aromatic N) is 4. The Kier molecular flexibility index (Phi) is 3.23. The molecule has 0 saturated carbocycles. The van der Waals surface area contributed by atoms with Crippen LogP contribution in [0.4, 0.5) is 5.82 Å². The van der Waals surface area contributed by atoms with Crippen LogP contribution in [0.5, 0.6) is 0 Å². The van der Waals surface area contributed by atoms with Crippen molar-refractivity contribution in [1.29, 1.82) is 0 Å². The normalized spacial score (nSPS) is 10.7. The highest BCUT2D eigenvalue weighted by Crippen LogP contribution is 2.20. The molecule has 2 N–H and O–H groups in total. The predicted molar refractivity (Wildman–Crippen MR) is 76.5 cm³/mol. The molecule has 0 aliphatic heterocycles. The summed E-state index contributed by atoms with van der Waals surface area (Å²) < 4.78 is 6.58. The van der Waals surface area contributed by atoms with Crippen LogP contribution >= 0.6 is 0 Å². The number of hydrogen-bond acceptors (Lipinski definition) is 6. The predicted octanol–water partition coefficient (Wildman–Crippen LogP) is 1.46. The third kappa shape index (κ3) is 2.53. The Balaban J connectivity index is 2.09. The Morgan fingerprint density at radius 2 is 2.05 bits per heavy atom. The lowest BCUT2D eigenvalue weighted by Crippen LogP contribution is -2.07. The van der Waals surface area contributed by atoms with Crippen molar-refractivity contribution in [1.82, 2.24) is 19.7 Å². The van der Waals surface area contributed by atoms with E-state index in [1.807, 2.05) is 30.3 Å². The molecule has 0 fully saturated rings. The highest BCUT2D eigenvalue weighted by molar-refractivity contribution is 5.86. The van der Waals surface area contributed by atoms with Gasteiger partial charge < -0.3 is 10.5 Å². The maximum Gasteiger partial charge on any atom is 0.303 e. The molecule has 3 aromatic rings. The number of ether oxygens (including phenoxy) is 1. The Morgan fingerprint density at radius 3 is 2.76 bits per heavy atom. The number of para-hydroxylation sites is 1. The number of aromatic nitrogens is 4. The van der Waals surface area contributed by atoms with Gasteiger partial charge >= 0.3 is 5.97 Å². The first kappa shape index (κ1) is 13.0. The number of carbonyl (C=O) groups is 1. The summed E-state index contributed by atoms with van der Waals surface area (Å²) in [6.45, 7) is 1.31. The molecule has 0 spiro atoms. The van der Waals surface area contributed by atoms with Crippen LogP contribution in [-0.2, 0) is 16.1 Å². The standard InChI is InChI=1S/C14H13N5O2/c1-9(20)21-8-12-17-13(15)11-7-16-19(14(11)18-12)10-5-3-2-4-6-10/h2-7H,8H2,1H3,(H2,15,17,18). The minimum atomic E-state index is -0.395. The number of hydrogen-bond donors (Lipinski definition) is 1. The van der Waals surface area contributed by atoms with Crippen LogP contribution in [0.2, 0.25) is 0 Å². The van der Waals surface area contributed by atoms with Crippen molar-refractivity contribution < 1.29 is 9.53 Å². The van der Waals surface area contributed by atoms with Crippen molar-refractivity contribution >= 4 is 22.8 Å². The van der Waals surface area contributed by atoms with Crippen LogP contribution in [0.15, 0.2) is 36.5 Å². The maximum atomic E-state index is 10.9. The summed E-state index contributed by atoms with van der Waals surface area (Å²) in [7, 11) is 0. The third-order valence-corrected chi connectivity index (χ3v) is 2.91.